The van der Waals surface area contributed by atoms with Crippen molar-refractivity contribution in [1.82, 2.24) is 4.90 Å². The minimum atomic E-state index is 0.524. The second-order valence-electron chi connectivity index (χ2n) is 4.75. The second-order valence-corrected chi connectivity index (χ2v) is 4.75. The van der Waals surface area contributed by atoms with Gasteiger partial charge in [0.05, 0.1) is 12.3 Å². The van der Waals surface area contributed by atoms with Gasteiger partial charge >= 0.3 is 0 Å². The van der Waals surface area contributed by atoms with Gasteiger partial charge in [-0.25, -0.2) is 4.99 Å². The molecule has 0 saturated heterocycles. The SMILES string of the molecule is CN(CCOCC1CC1)C(N)=Nc1ccccc1. The first-order valence-electron chi connectivity index (χ1n) is 6.44. The van der Waals surface area contributed by atoms with Crippen LogP contribution < -0.4 is 5.73 Å². The Morgan fingerprint density at radius 3 is 2.78 bits per heavy atom. The molecule has 2 N–H and O–H groups in total. The van der Waals surface area contributed by atoms with E-state index in [2.05, 4.69) is 4.99 Å². The van der Waals surface area contributed by atoms with Gasteiger partial charge in [0, 0.05) is 20.2 Å². The number of hydrogen-bond donors (Lipinski definition) is 1. The topological polar surface area (TPSA) is 50.9 Å². The van der Waals surface area contributed by atoms with Crippen LogP contribution in [0.1, 0.15) is 12.8 Å². The Balaban J connectivity index is 1.73. The van der Waals surface area contributed by atoms with Gasteiger partial charge in [0.15, 0.2) is 5.96 Å². The molecule has 0 heterocycles. The van der Waals surface area contributed by atoms with E-state index >= 15 is 0 Å². The number of ether oxygens (including phenoxy) is 1. The van der Waals surface area contributed by atoms with Crippen molar-refractivity contribution in [2.24, 2.45) is 16.6 Å². The lowest BCUT2D eigenvalue weighted by molar-refractivity contribution is 0.115. The van der Waals surface area contributed by atoms with Gasteiger partial charge in [-0.1, -0.05) is 18.2 Å². The first-order valence-corrected chi connectivity index (χ1v) is 6.44. The fourth-order valence-electron chi connectivity index (χ4n) is 1.57. The first-order chi connectivity index (χ1) is 8.75. The molecule has 0 bridgehead atoms. The zero-order valence-corrected chi connectivity index (χ0v) is 10.9. The third kappa shape index (κ3) is 4.37. The third-order valence-corrected chi connectivity index (χ3v) is 3.01. The molecule has 4 heteroatoms. The van der Waals surface area contributed by atoms with Crippen LogP contribution in [0.3, 0.4) is 0 Å². The molecule has 2 rings (SSSR count). The predicted octanol–water partition coefficient (Wildman–Crippen LogP) is 1.99. The summed E-state index contributed by atoms with van der Waals surface area (Å²) in [6.07, 6.45) is 2.65. The van der Waals surface area contributed by atoms with Gasteiger partial charge in [-0.15, -0.1) is 0 Å². The number of para-hydroxylation sites is 1. The molecule has 0 aromatic heterocycles. The van der Waals surface area contributed by atoms with Crippen LogP contribution in [0.4, 0.5) is 5.69 Å². The summed E-state index contributed by atoms with van der Waals surface area (Å²) in [6.45, 7) is 2.37. The van der Waals surface area contributed by atoms with Gasteiger partial charge in [-0.3, -0.25) is 0 Å². The largest absolute Gasteiger partial charge is 0.379 e. The number of nitrogens with two attached hydrogens (primary N) is 1. The summed E-state index contributed by atoms with van der Waals surface area (Å²) in [5.74, 6) is 1.34. The van der Waals surface area contributed by atoms with Crippen molar-refractivity contribution in [2.45, 2.75) is 12.8 Å². The molecule has 0 spiro atoms. The molecule has 98 valence electrons. The number of guanidine groups is 1. The molecule has 18 heavy (non-hydrogen) atoms. The third-order valence-electron chi connectivity index (χ3n) is 3.01. The molecule has 0 radical (unpaired) electrons. The van der Waals surface area contributed by atoms with E-state index in [9.17, 15) is 0 Å². The van der Waals surface area contributed by atoms with Crippen LogP contribution in [0.2, 0.25) is 0 Å². The molecule has 1 aliphatic carbocycles. The van der Waals surface area contributed by atoms with Gasteiger partial charge in [-0.2, -0.15) is 0 Å². The van der Waals surface area contributed by atoms with E-state index < -0.39 is 0 Å². The molecule has 4 nitrogen and oxygen atoms in total. The second kappa shape index (κ2) is 6.40. The van der Waals surface area contributed by atoms with Crippen molar-refractivity contribution >= 4 is 11.6 Å². The molecule has 0 unspecified atom stereocenters. The van der Waals surface area contributed by atoms with Crippen molar-refractivity contribution in [1.29, 1.82) is 0 Å². The minimum Gasteiger partial charge on any atom is -0.379 e. The van der Waals surface area contributed by atoms with E-state index in [0.717, 1.165) is 24.8 Å². The van der Waals surface area contributed by atoms with Crippen LogP contribution in [-0.4, -0.2) is 37.7 Å². The molecule has 1 aromatic carbocycles. The zero-order valence-electron chi connectivity index (χ0n) is 10.9. The van der Waals surface area contributed by atoms with Crippen molar-refractivity contribution in [3.63, 3.8) is 0 Å². The normalized spacial score (nSPS) is 15.7. The number of rotatable bonds is 6. The quantitative estimate of drug-likeness (QED) is 0.475. The van der Waals surface area contributed by atoms with Crippen molar-refractivity contribution < 1.29 is 4.74 Å². The van der Waals surface area contributed by atoms with Gasteiger partial charge in [-0.05, 0) is 30.9 Å². The molecular formula is C14H21N3O. The molecule has 0 amide bonds. The number of aliphatic imine (C=N–C) groups is 1. The maximum atomic E-state index is 5.92. The highest BCUT2D eigenvalue weighted by Gasteiger charge is 2.20. The summed E-state index contributed by atoms with van der Waals surface area (Å²) in [7, 11) is 1.93. The zero-order chi connectivity index (χ0) is 12.8. The Morgan fingerprint density at radius 1 is 1.39 bits per heavy atom. The fourth-order valence-corrected chi connectivity index (χ4v) is 1.57. The summed E-state index contributed by atoms with van der Waals surface area (Å²) >= 11 is 0. The predicted molar refractivity (Wildman–Crippen MR) is 73.9 cm³/mol. The minimum absolute atomic E-state index is 0.524. The van der Waals surface area contributed by atoms with E-state index in [-0.39, 0.29) is 0 Å². The van der Waals surface area contributed by atoms with Crippen LogP contribution in [0, 0.1) is 5.92 Å². The van der Waals surface area contributed by atoms with Gasteiger partial charge in [0.25, 0.3) is 0 Å². The molecular weight excluding hydrogens is 226 g/mol. The number of likely N-dealkylation sites (N-methyl/N-ethyl adjacent to an activating group) is 1. The summed E-state index contributed by atoms with van der Waals surface area (Å²) < 4.78 is 5.58. The van der Waals surface area contributed by atoms with Crippen LogP contribution in [0.5, 0.6) is 0 Å². The van der Waals surface area contributed by atoms with E-state index in [1.54, 1.807) is 0 Å². The van der Waals surface area contributed by atoms with Gasteiger partial charge in [0.2, 0.25) is 0 Å². The van der Waals surface area contributed by atoms with Crippen LogP contribution in [-0.2, 0) is 4.74 Å². The lowest BCUT2D eigenvalue weighted by atomic mass is 10.3. The monoisotopic (exact) mass is 247 g/mol. The Labute approximate surface area is 108 Å². The summed E-state index contributed by atoms with van der Waals surface area (Å²) in [5, 5.41) is 0. The molecule has 1 aliphatic rings. The standard InChI is InChI=1S/C14H21N3O/c1-17(9-10-18-11-12-7-8-12)14(15)16-13-5-3-2-4-6-13/h2-6,12H,7-11H2,1H3,(H2,15,16). The molecule has 0 aliphatic heterocycles. The Bertz CT molecular complexity index is 387. The van der Waals surface area contributed by atoms with Crippen LogP contribution >= 0.6 is 0 Å². The number of nitrogens with zero attached hydrogens (tertiary/aromatic N) is 2. The number of hydrogen-bond acceptors (Lipinski definition) is 2. The van der Waals surface area contributed by atoms with E-state index in [1.165, 1.54) is 12.8 Å². The molecule has 0 atom stereocenters. The van der Waals surface area contributed by atoms with E-state index in [1.807, 2.05) is 42.3 Å². The summed E-state index contributed by atoms with van der Waals surface area (Å²) in [4.78, 5) is 6.27. The Morgan fingerprint density at radius 2 is 2.11 bits per heavy atom. The molecule has 1 aromatic rings. The Hall–Kier alpha value is -1.55. The molecule has 1 saturated carbocycles. The smallest absolute Gasteiger partial charge is 0.196 e. The maximum absolute atomic E-state index is 5.92. The highest BCUT2D eigenvalue weighted by molar-refractivity contribution is 5.80. The van der Waals surface area contributed by atoms with Gasteiger partial charge in [0.1, 0.15) is 0 Å². The highest BCUT2D eigenvalue weighted by Crippen LogP contribution is 2.28. The van der Waals surface area contributed by atoms with Crippen molar-refractivity contribution in [3.05, 3.63) is 30.3 Å². The molecule has 1 fully saturated rings. The fraction of sp³-hybridized carbons (Fsp3) is 0.500. The average molecular weight is 247 g/mol. The highest BCUT2D eigenvalue weighted by atomic mass is 16.5. The van der Waals surface area contributed by atoms with Gasteiger partial charge < -0.3 is 15.4 Å². The van der Waals surface area contributed by atoms with Crippen LogP contribution in [0.15, 0.2) is 35.3 Å². The lowest BCUT2D eigenvalue weighted by Crippen LogP contribution is -2.36. The van der Waals surface area contributed by atoms with Crippen molar-refractivity contribution in [2.75, 3.05) is 26.8 Å². The Kier molecular flexibility index (Phi) is 4.59. The first kappa shape index (κ1) is 12.9. The number of benzene rings is 1. The van der Waals surface area contributed by atoms with Crippen LogP contribution in [0.25, 0.3) is 0 Å². The van der Waals surface area contributed by atoms with E-state index in [4.69, 9.17) is 10.5 Å². The lowest BCUT2D eigenvalue weighted by Gasteiger charge is -2.17. The summed E-state index contributed by atoms with van der Waals surface area (Å²) in [5.41, 5.74) is 6.80. The summed E-state index contributed by atoms with van der Waals surface area (Å²) in [6, 6.07) is 9.73. The maximum Gasteiger partial charge on any atom is 0.196 e. The van der Waals surface area contributed by atoms with Crippen molar-refractivity contribution in [3.8, 4) is 0 Å². The van der Waals surface area contributed by atoms with E-state index in [0.29, 0.717) is 12.6 Å². The average Bonchev–Trinajstić information content (AvgIpc) is 3.19.